The molecule has 0 aliphatic heterocycles. The fraction of sp³-hybridized carbons (Fsp3) is 0.538. The van der Waals surface area contributed by atoms with Crippen molar-refractivity contribution in [1.29, 1.82) is 0 Å². The summed E-state index contributed by atoms with van der Waals surface area (Å²) in [5, 5.41) is 3.37. The molecule has 1 aromatic carbocycles. The van der Waals surface area contributed by atoms with Crippen LogP contribution in [0.3, 0.4) is 0 Å². The first kappa shape index (κ1) is 12.8. The monoisotopic (exact) mass is 223 g/mol. The van der Waals surface area contributed by atoms with Crippen molar-refractivity contribution in [2.24, 2.45) is 5.92 Å². The quantitative estimate of drug-likeness (QED) is 0.721. The Balaban J connectivity index is 2.53. The zero-order chi connectivity index (χ0) is 11.8. The number of nitrogens with one attached hydrogen (secondary N) is 1. The molecule has 0 saturated carbocycles. The number of hydrogen-bond acceptors (Lipinski definition) is 3. The van der Waals surface area contributed by atoms with E-state index >= 15 is 0 Å². The van der Waals surface area contributed by atoms with Crippen LogP contribution < -0.4 is 10.1 Å². The molecule has 0 heterocycles. The average molecular weight is 223 g/mol. The maximum absolute atomic E-state index is 5.62. The molecule has 3 nitrogen and oxygen atoms in total. The van der Waals surface area contributed by atoms with Gasteiger partial charge in [0, 0.05) is 13.7 Å². The second kappa shape index (κ2) is 7.12. The van der Waals surface area contributed by atoms with Crippen molar-refractivity contribution in [1.82, 2.24) is 0 Å². The van der Waals surface area contributed by atoms with Gasteiger partial charge < -0.3 is 14.8 Å². The smallest absolute Gasteiger partial charge is 0.142 e. The molecule has 0 radical (unpaired) electrons. The van der Waals surface area contributed by atoms with E-state index in [1.165, 1.54) is 0 Å². The molecule has 0 spiro atoms. The Morgan fingerprint density at radius 3 is 2.62 bits per heavy atom. The van der Waals surface area contributed by atoms with Crippen molar-refractivity contribution in [3.63, 3.8) is 0 Å². The van der Waals surface area contributed by atoms with Crippen LogP contribution in [0.15, 0.2) is 24.3 Å². The molecule has 1 aromatic rings. The standard InChI is InChI=1S/C13H21NO2/c1-11(2)10-14-12-6-4-5-7-13(12)16-9-8-15-3/h4-7,11,14H,8-10H2,1-3H3. The molecule has 3 heteroatoms. The summed E-state index contributed by atoms with van der Waals surface area (Å²) < 4.78 is 10.6. The number of rotatable bonds is 7. The first-order valence-electron chi connectivity index (χ1n) is 5.68. The van der Waals surface area contributed by atoms with Crippen molar-refractivity contribution < 1.29 is 9.47 Å². The minimum absolute atomic E-state index is 0.580. The molecular formula is C13H21NO2. The molecule has 0 aromatic heterocycles. The minimum Gasteiger partial charge on any atom is -0.489 e. The van der Waals surface area contributed by atoms with Crippen molar-refractivity contribution >= 4 is 5.69 Å². The number of para-hydroxylation sites is 2. The summed E-state index contributed by atoms with van der Waals surface area (Å²) in [6.07, 6.45) is 0. The highest BCUT2D eigenvalue weighted by atomic mass is 16.5. The average Bonchev–Trinajstić information content (AvgIpc) is 2.28. The first-order valence-corrected chi connectivity index (χ1v) is 5.68. The maximum atomic E-state index is 5.62. The van der Waals surface area contributed by atoms with E-state index in [-0.39, 0.29) is 0 Å². The van der Waals surface area contributed by atoms with E-state index in [2.05, 4.69) is 19.2 Å². The van der Waals surface area contributed by atoms with E-state index in [1.807, 2.05) is 24.3 Å². The Morgan fingerprint density at radius 2 is 1.94 bits per heavy atom. The highest BCUT2D eigenvalue weighted by Crippen LogP contribution is 2.23. The Hall–Kier alpha value is -1.22. The van der Waals surface area contributed by atoms with Crippen LogP contribution in [0.5, 0.6) is 5.75 Å². The molecule has 1 rings (SSSR count). The number of anilines is 1. The highest BCUT2D eigenvalue weighted by Gasteiger charge is 2.02. The SMILES string of the molecule is COCCOc1ccccc1NCC(C)C. The lowest BCUT2D eigenvalue weighted by atomic mass is 10.2. The second-order valence-electron chi connectivity index (χ2n) is 4.11. The fourth-order valence-electron chi connectivity index (χ4n) is 1.29. The van der Waals surface area contributed by atoms with Crippen molar-refractivity contribution in [2.75, 3.05) is 32.2 Å². The largest absolute Gasteiger partial charge is 0.489 e. The van der Waals surface area contributed by atoms with Gasteiger partial charge in [0.25, 0.3) is 0 Å². The Morgan fingerprint density at radius 1 is 1.19 bits per heavy atom. The molecule has 0 aliphatic rings. The van der Waals surface area contributed by atoms with Crippen LogP contribution in [-0.2, 0) is 4.74 Å². The third kappa shape index (κ3) is 4.53. The van der Waals surface area contributed by atoms with E-state index in [0.717, 1.165) is 18.0 Å². The molecule has 1 N–H and O–H groups in total. The number of methoxy groups -OCH3 is 1. The van der Waals surface area contributed by atoms with Crippen LogP contribution in [0.25, 0.3) is 0 Å². The number of hydrogen-bond donors (Lipinski definition) is 1. The van der Waals surface area contributed by atoms with Gasteiger partial charge in [-0.15, -0.1) is 0 Å². The van der Waals surface area contributed by atoms with E-state index in [9.17, 15) is 0 Å². The molecule has 0 bridgehead atoms. The van der Waals surface area contributed by atoms with E-state index < -0.39 is 0 Å². The Bertz CT molecular complexity index is 300. The Kier molecular flexibility index (Phi) is 5.72. The van der Waals surface area contributed by atoms with Gasteiger partial charge in [0.2, 0.25) is 0 Å². The summed E-state index contributed by atoms with van der Waals surface area (Å²) in [6, 6.07) is 7.98. The molecule has 0 amide bonds. The third-order valence-corrected chi connectivity index (χ3v) is 2.13. The molecule has 90 valence electrons. The van der Waals surface area contributed by atoms with Gasteiger partial charge in [-0.2, -0.15) is 0 Å². The van der Waals surface area contributed by atoms with E-state index in [4.69, 9.17) is 9.47 Å². The van der Waals surface area contributed by atoms with Gasteiger partial charge in [0.1, 0.15) is 12.4 Å². The summed E-state index contributed by atoms with van der Waals surface area (Å²) in [6.45, 7) is 6.50. The number of benzene rings is 1. The zero-order valence-electron chi connectivity index (χ0n) is 10.3. The van der Waals surface area contributed by atoms with Crippen LogP contribution in [0, 0.1) is 5.92 Å². The molecule has 16 heavy (non-hydrogen) atoms. The lowest BCUT2D eigenvalue weighted by molar-refractivity contribution is 0.146. The lowest BCUT2D eigenvalue weighted by Crippen LogP contribution is -2.10. The van der Waals surface area contributed by atoms with E-state index in [1.54, 1.807) is 7.11 Å². The third-order valence-electron chi connectivity index (χ3n) is 2.13. The van der Waals surface area contributed by atoms with Crippen molar-refractivity contribution in [2.45, 2.75) is 13.8 Å². The summed E-state index contributed by atoms with van der Waals surface area (Å²) in [4.78, 5) is 0. The second-order valence-corrected chi connectivity index (χ2v) is 4.11. The van der Waals surface area contributed by atoms with E-state index in [0.29, 0.717) is 19.1 Å². The molecular weight excluding hydrogens is 202 g/mol. The van der Waals surface area contributed by atoms with Crippen LogP contribution in [0.1, 0.15) is 13.8 Å². The van der Waals surface area contributed by atoms with Crippen LogP contribution >= 0.6 is 0 Å². The van der Waals surface area contributed by atoms with Gasteiger partial charge in [-0.25, -0.2) is 0 Å². The lowest BCUT2D eigenvalue weighted by Gasteiger charge is -2.14. The van der Waals surface area contributed by atoms with Crippen LogP contribution in [0.4, 0.5) is 5.69 Å². The highest BCUT2D eigenvalue weighted by molar-refractivity contribution is 5.56. The predicted molar refractivity (Wildman–Crippen MR) is 67.1 cm³/mol. The van der Waals surface area contributed by atoms with Gasteiger partial charge in [-0.1, -0.05) is 26.0 Å². The molecule has 0 unspecified atom stereocenters. The zero-order valence-corrected chi connectivity index (χ0v) is 10.3. The van der Waals surface area contributed by atoms with Gasteiger partial charge in [-0.3, -0.25) is 0 Å². The minimum atomic E-state index is 0.580. The van der Waals surface area contributed by atoms with Crippen molar-refractivity contribution in [3.8, 4) is 5.75 Å². The molecule has 0 atom stereocenters. The predicted octanol–water partition coefficient (Wildman–Crippen LogP) is 2.78. The van der Waals surface area contributed by atoms with Gasteiger partial charge in [0.05, 0.1) is 12.3 Å². The summed E-state index contributed by atoms with van der Waals surface area (Å²) in [7, 11) is 1.67. The summed E-state index contributed by atoms with van der Waals surface area (Å²) in [5.41, 5.74) is 1.05. The van der Waals surface area contributed by atoms with Gasteiger partial charge >= 0.3 is 0 Å². The van der Waals surface area contributed by atoms with Crippen LogP contribution in [0.2, 0.25) is 0 Å². The fourth-order valence-corrected chi connectivity index (χ4v) is 1.29. The number of ether oxygens (including phenoxy) is 2. The van der Waals surface area contributed by atoms with Crippen LogP contribution in [-0.4, -0.2) is 26.9 Å². The van der Waals surface area contributed by atoms with Gasteiger partial charge in [0.15, 0.2) is 0 Å². The molecule has 0 saturated heterocycles. The Labute approximate surface area is 97.8 Å². The van der Waals surface area contributed by atoms with Crippen molar-refractivity contribution in [3.05, 3.63) is 24.3 Å². The maximum Gasteiger partial charge on any atom is 0.142 e. The topological polar surface area (TPSA) is 30.5 Å². The molecule has 0 aliphatic carbocycles. The first-order chi connectivity index (χ1) is 7.74. The summed E-state index contributed by atoms with van der Waals surface area (Å²) >= 11 is 0. The molecule has 0 fully saturated rings. The van der Waals surface area contributed by atoms with Gasteiger partial charge in [-0.05, 0) is 18.1 Å². The summed E-state index contributed by atoms with van der Waals surface area (Å²) in [5.74, 6) is 1.51. The normalized spacial score (nSPS) is 10.5.